The van der Waals surface area contributed by atoms with E-state index in [4.69, 9.17) is 4.74 Å². The largest absolute Gasteiger partial charge is 0.478 e. The molecule has 0 amide bonds. The highest BCUT2D eigenvalue weighted by molar-refractivity contribution is 8.01. The number of carbonyl (C=O) groups excluding carboxylic acids is 1. The Bertz CT molecular complexity index is 559. The Morgan fingerprint density at radius 2 is 2.12 bits per heavy atom. The van der Waals surface area contributed by atoms with Crippen LogP contribution >= 0.6 is 11.8 Å². The van der Waals surface area contributed by atoms with Crippen molar-refractivity contribution in [3.63, 3.8) is 0 Å². The van der Waals surface area contributed by atoms with Gasteiger partial charge >= 0.3 is 0 Å². The first-order chi connectivity index (χ1) is 8.13. The van der Waals surface area contributed by atoms with E-state index in [-0.39, 0.29) is 16.1 Å². The van der Waals surface area contributed by atoms with E-state index in [9.17, 15) is 13.2 Å². The van der Waals surface area contributed by atoms with Gasteiger partial charge in [0.15, 0.2) is 0 Å². The van der Waals surface area contributed by atoms with Crippen LogP contribution in [-0.2, 0) is 14.8 Å². The molecule has 90 valence electrons. The van der Waals surface area contributed by atoms with Crippen LogP contribution in [0.25, 0.3) is 0 Å². The molecule has 1 aliphatic rings. The molecule has 0 N–H and O–H groups in total. The van der Waals surface area contributed by atoms with E-state index >= 15 is 0 Å². The van der Waals surface area contributed by atoms with Gasteiger partial charge in [0, 0.05) is 12.2 Å². The van der Waals surface area contributed by atoms with Crippen molar-refractivity contribution in [3.05, 3.63) is 24.3 Å². The van der Waals surface area contributed by atoms with Gasteiger partial charge in [-0.15, -0.1) is 11.8 Å². The summed E-state index contributed by atoms with van der Waals surface area (Å²) in [6.45, 7) is 0. The van der Waals surface area contributed by atoms with Crippen LogP contribution in [0.1, 0.15) is 6.42 Å². The highest BCUT2D eigenvalue weighted by Crippen LogP contribution is 2.33. The fourth-order valence-electron chi connectivity index (χ4n) is 1.31. The molecule has 1 aliphatic heterocycles. The Balaban J connectivity index is 2.36. The highest BCUT2D eigenvalue weighted by atomic mass is 32.2. The number of benzene rings is 1. The molecule has 0 saturated carbocycles. The standard InChI is InChI=1S/C10H9NO4S2/c12-7-11-17(13,14)9-4-2-1-3-8(9)15-10-5-6-16-10/h1-4,10H,5-6H2. The molecule has 1 heterocycles. The molecular formula is C10H9NO4S2. The van der Waals surface area contributed by atoms with Gasteiger partial charge in [-0.2, -0.15) is 8.42 Å². The van der Waals surface area contributed by atoms with E-state index in [1.807, 2.05) is 0 Å². The van der Waals surface area contributed by atoms with E-state index < -0.39 is 10.0 Å². The van der Waals surface area contributed by atoms with Gasteiger partial charge in [-0.25, -0.2) is 4.79 Å². The molecule has 1 aromatic carbocycles. The Kier molecular flexibility index (Phi) is 3.51. The van der Waals surface area contributed by atoms with Crippen molar-refractivity contribution in [2.24, 2.45) is 4.40 Å². The van der Waals surface area contributed by atoms with Gasteiger partial charge in [-0.3, -0.25) is 0 Å². The van der Waals surface area contributed by atoms with Gasteiger partial charge < -0.3 is 4.74 Å². The molecule has 1 unspecified atom stereocenters. The zero-order valence-corrected chi connectivity index (χ0v) is 10.3. The lowest BCUT2D eigenvalue weighted by atomic mass is 10.3. The van der Waals surface area contributed by atoms with Crippen LogP contribution in [0.3, 0.4) is 0 Å². The average molecular weight is 271 g/mol. The Hall–Kier alpha value is -1.30. The number of thioether (sulfide) groups is 1. The summed E-state index contributed by atoms with van der Waals surface area (Å²) in [5, 5.41) is 0. The molecule has 1 atom stereocenters. The Morgan fingerprint density at radius 3 is 2.71 bits per heavy atom. The summed E-state index contributed by atoms with van der Waals surface area (Å²) >= 11 is 1.61. The van der Waals surface area contributed by atoms with Crippen molar-refractivity contribution in [3.8, 4) is 5.75 Å². The molecule has 0 aliphatic carbocycles. The molecular weight excluding hydrogens is 262 g/mol. The second-order valence-electron chi connectivity index (χ2n) is 3.31. The van der Waals surface area contributed by atoms with Gasteiger partial charge in [0.2, 0.25) is 0 Å². The number of isocyanates is 1. The average Bonchev–Trinajstić information content (AvgIpc) is 2.24. The highest BCUT2D eigenvalue weighted by Gasteiger charge is 2.24. The Labute approximate surface area is 103 Å². The third-order valence-electron chi connectivity index (χ3n) is 2.20. The van der Waals surface area contributed by atoms with Gasteiger partial charge in [0.05, 0.1) is 0 Å². The van der Waals surface area contributed by atoms with Crippen LogP contribution in [0.4, 0.5) is 0 Å². The monoisotopic (exact) mass is 271 g/mol. The van der Waals surface area contributed by atoms with Crippen LogP contribution in [0.15, 0.2) is 33.6 Å². The Morgan fingerprint density at radius 1 is 1.41 bits per heavy atom. The summed E-state index contributed by atoms with van der Waals surface area (Å²) in [5.74, 6) is 1.23. The van der Waals surface area contributed by atoms with E-state index in [1.54, 1.807) is 30.0 Å². The van der Waals surface area contributed by atoms with E-state index in [2.05, 4.69) is 4.40 Å². The minimum Gasteiger partial charge on any atom is -0.478 e. The summed E-state index contributed by atoms with van der Waals surface area (Å²) < 4.78 is 31.6. The molecule has 1 fully saturated rings. The molecule has 1 aromatic rings. The van der Waals surface area contributed by atoms with Crippen LogP contribution < -0.4 is 4.74 Å². The minimum absolute atomic E-state index is 0.0217. The van der Waals surface area contributed by atoms with Crippen molar-refractivity contribution in [2.45, 2.75) is 16.8 Å². The number of ether oxygens (including phenoxy) is 1. The first-order valence-corrected chi connectivity index (χ1v) is 7.34. The predicted octanol–water partition coefficient (Wildman–Crippen LogP) is 1.55. The first-order valence-electron chi connectivity index (χ1n) is 4.85. The fraction of sp³-hybridized carbons (Fsp3) is 0.300. The zero-order valence-electron chi connectivity index (χ0n) is 8.70. The predicted molar refractivity (Wildman–Crippen MR) is 63.2 cm³/mol. The summed E-state index contributed by atoms with van der Waals surface area (Å²) in [6, 6.07) is 6.12. The van der Waals surface area contributed by atoms with Crippen molar-refractivity contribution < 1.29 is 17.9 Å². The van der Waals surface area contributed by atoms with Crippen molar-refractivity contribution >= 4 is 27.9 Å². The normalized spacial score (nSPS) is 18.9. The SMILES string of the molecule is O=C=NS(=O)(=O)c1ccccc1OC1CCS1. The van der Waals surface area contributed by atoms with Crippen LogP contribution in [0.2, 0.25) is 0 Å². The van der Waals surface area contributed by atoms with Crippen LogP contribution in [-0.4, -0.2) is 25.7 Å². The molecule has 0 spiro atoms. The molecule has 2 rings (SSSR count). The maximum Gasteiger partial charge on any atom is 0.296 e. The number of sulfonamides is 1. The molecule has 0 radical (unpaired) electrons. The molecule has 17 heavy (non-hydrogen) atoms. The van der Waals surface area contributed by atoms with Gasteiger partial charge in [-0.05, 0) is 12.1 Å². The summed E-state index contributed by atoms with van der Waals surface area (Å²) in [6.07, 6.45) is 1.93. The van der Waals surface area contributed by atoms with E-state index in [0.29, 0.717) is 0 Å². The van der Waals surface area contributed by atoms with Gasteiger partial charge in [-0.1, -0.05) is 16.5 Å². The third kappa shape index (κ3) is 2.69. The zero-order chi connectivity index (χ0) is 12.3. The molecule has 5 nitrogen and oxygen atoms in total. The smallest absolute Gasteiger partial charge is 0.296 e. The number of hydrogen-bond donors (Lipinski definition) is 0. The molecule has 1 saturated heterocycles. The first kappa shape index (κ1) is 12.2. The molecule has 0 bridgehead atoms. The molecule has 0 aromatic heterocycles. The second kappa shape index (κ2) is 4.91. The summed E-state index contributed by atoms with van der Waals surface area (Å²) in [4.78, 5) is 9.98. The maximum absolute atomic E-state index is 11.6. The topological polar surface area (TPSA) is 72.8 Å². The van der Waals surface area contributed by atoms with Crippen molar-refractivity contribution in [1.82, 2.24) is 0 Å². The summed E-state index contributed by atoms with van der Waals surface area (Å²) in [5.41, 5.74) is -0.0217. The second-order valence-corrected chi connectivity index (χ2v) is 6.15. The van der Waals surface area contributed by atoms with Crippen molar-refractivity contribution in [1.29, 1.82) is 0 Å². The lowest BCUT2D eigenvalue weighted by Crippen LogP contribution is -2.23. The fourth-order valence-corrected chi connectivity index (χ4v) is 2.72. The van der Waals surface area contributed by atoms with Crippen molar-refractivity contribution in [2.75, 3.05) is 5.75 Å². The maximum atomic E-state index is 11.6. The number of hydrogen-bond acceptors (Lipinski definition) is 5. The third-order valence-corrected chi connectivity index (χ3v) is 4.58. The molecule has 7 heteroatoms. The quantitative estimate of drug-likeness (QED) is 0.613. The number of nitrogens with zero attached hydrogens (tertiary/aromatic N) is 1. The van der Waals surface area contributed by atoms with E-state index in [0.717, 1.165) is 18.3 Å². The van der Waals surface area contributed by atoms with Gasteiger partial charge in [0.25, 0.3) is 16.1 Å². The number of para-hydroxylation sites is 1. The van der Waals surface area contributed by atoms with Gasteiger partial charge in [0.1, 0.15) is 16.1 Å². The lowest BCUT2D eigenvalue weighted by molar-refractivity contribution is 0.265. The minimum atomic E-state index is -4.00. The lowest BCUT2D eigenvalue weighted by Gasteiger charge is -2.26. The van der Waals surface area contributed by atoms with Crippen LogP contribution in [0, 0.1) is 0 Å². The number of rotatable bonds is 4. The van der Waals surface area contributed by atoms with E-state index in [1.165, 1.54) is 6.07 Å². The van der Waals surface area contributed by atoms with Crippen LogP contribution in [0.5, 0.6) is 5.75 Å². The summed E-state index contributed by atoms with van der Waals surface area (Å²) in [7, 11) is -4.00.